The van der Waals surface area contributed by atoms with E-state index in [0.29, 0.717) is 6.54 Å². The van der Waals surface area contributed by atoms with Gasteiger partial charge in [-0.1, -0.05) is 12.1 Å². The van der Waals surface area contributed by atoms with Crippen molar-refractivity contribution in [2.45, 2.75) is 46.7 Å². The number of hydrogen-bond acceptors (Lipinski definition) is 4. The van der Waals surface area contributed by atoms with Gasteiger partial charge in [0.05, 0.1) is 17.8 Å². The number of nitrogens with zero attached hydrogens (tertiary/aromatic N) is 2. The molecule has 0 fully saturated rings. The van der Waals surface area contributed by atoms with Crippen LogP contribution in [-0.4, -0.2) is 35.1 Å². The Morgan fingerprint density at radius 1 is 1.44 bits per heavy atom. The lowest BCUT2D eigenvalue weighted by molar-refractivity contribution is -0.136. The average molecular weight is 253 g/mol. The summed E-state index contributed by atoms with van der Waals surface area (Å²) in [6.45, 7) is 10.8. The standard InChI is InChI=1S/C13H23N3O2/c1-7-14-13(4,5)12(17)16(6)8-11-9(2)15-18-10(11)3/h14H,7-8H2,1-6H3. The quantitative estimate of drug-likeness (QED) is 0.866. The topological polar surface area (TPSA) is 58.4 Å². The molecule has 0 aromatic carbocycles. The van der Waals surface area contributed by atoms with Crippen molar-refractivity contribution in [3.8, 4) is 0 Å². The minimum absolute atomic E-state index is 0.0596. The van der Waals surface area contributed by atoms with E-state index >= 15 is 0 Å². The highest BCUT2D eigenvalue weighted by molar-refractivity contribution is 5.85. The smallest absolute Gasteiger partial charge is 0.242 e. The Balaban J connectivity index is 2.77. The molecule has 1 aromatic rings. The summed E-state index contributed by atoms with van der Waals surface area (Å²) in [7, 11) is 1.80. The summed E-state index contributed by atoms with van der Waals surface area (Å²) in [5.74, 6) is 0.831. The molecule has 1 amide bonds. The number of aromatic nitrogens is 1. The van der Waals surface area contributed by atoms with Gasteiger partial charge in [-0.3, -0.25) is 4.79 Å². The Bertz CT molecular complexity index is 404. The Labute approximate surface area is 109 Å². The number of hydrogen-bond donors (Lipinski definition) is 1. The largest absolute Gasteiger partial charge is 0.361 e. The van der Waals surface area contributed by atoms with E-state index in [-0.39, 0.29) is 5.91 Å². The van der Waals surface area contributed by atoms with Crippen LogP contribution < -0.4 is 5.32 Å². The Morgan fingerprint density at radius 3 is 2.50 bits per heavy atom. The van der Waals surface area contributed by atoms with E-state index in [2.05, 4.69) is 10.5 Å². The zero-order valence-corrected chi connectivity index (χ0v) is 12.1. The highest BCUT2D eigenvalue weighted by Crippen LogP contribution is 2.16. The molecule has 0 saturated carbocycles. The summed E-state index contributed by atoms with van der Waals surface area (Å²) >= 11 is 0. The van der Waals surface area contributed by atoms with Crippen LogP contribution >= 0.6 is 0 Å². The molecule has 0 aliphatic carbocycles. The van der Waals surface area contributed by atoms with Gasteiger partial charge in [0.15, 0.2) is 0 Å². The highest BCUT2D eigenvalue weighted by Gasteiger charge is 2.30. The zero-order valence-electron chi connectivity index (χ0n) is 12.1. The van der Waals surface area contributed by atoms with Crippen LogP contribution in [-0.2, 0) is 11.3 Å². The first kappa shape index (κ1) is 14.7. The van der Waals surface area contributed by atoms with E-state index in [0.717, 1.165) is 23.6 Å². The fraction of sp³-hybridized carbons (Fsp3) is 0.692. The number of likely N-dealkylation sites (N-methyl/N-ethyl adjacent to an activating group) is 2. The van der Waals surface area contributed by atoms with Gasteiger partial charge in [0.25, 0.3) is 0 Å². The van der Waals surface area contributed by atoms with Gasteiger partial charge in [0, 0.05) is 12.6 Å². The van der Waals surface area contributed by atoms with Crippen LogP contribution in [0.25, 0.3) is 0 Å². The van der Waals surface area contributed by atoms with Crippen LogP contribution in [0.2, 0.25) is 0 Å². The fourth-order valence-corrected chi connectivity index (χ4v) is 2.03. The summed E-state index contributed by atoms with van der Waals surface area (Å²) in [5, 5.41) is 7.08. The molecule has 0 bridgehead atoms. The maximum atomic E-state index is 12.3. The third kappa shape index (κ3) is 3.10. The Kier molecular flexibility index (Phi) is 4.51. The highest BCUT2D eigenvalue weighted by atomic mass is 16.5. The molecule has 0 aliphatic heterocycles. The second-order valence-electron chi connectivity index (χ2n) is 5.12. The van der Waals surface area contributed by atoms with Crippen molar-refractivity contribution >= 4 is 5.91 Å². The van der Waals surface area contributed by atoms with Crippen molar-refractivity contribution in [1.82, 2.24) is 15.4 Å². The number of nitrogens with one attached hydrogen (secondary N) is 1. The van der Waals surface area contributed by atoms with Crippen LogP contribution in [0.1, 0.15) is 37.8 Å². The first-order valence-corrected chi connectivity index (χ1v) is 6.22. The van der Waals surface area contributed by atoms with Crippen molar-refractivity contribution < 1.29 is 9.32 Å². The van der Waals surface area contributed by atoms with Crippen LogP contribution in [0.3, 0.4) is 0 Å². The molecule has 0 saturated heterocycles. The van der Waals surface area contributed by atoms with Crippen molar-refractivity contribution in [2.75, 3.05) is 13.6 Å². The molecule has 5 heteroatoms. The normalized spacial score (nSPS) is 11.7. The van der Waals surface area contributed by atoms with Crippen molar-refractivity contribution in [1.29, 1.82) is 0 Å². The minimum atomic E-state index is -0.553. The second kappa shape index (κ2) is 5.52. The lowest BCUT2D eigenvalue weighted by atomic mass is 10.0. The summed E-state index contributed by atoms with van der Waals surface area (Å²) < 4.78 is 5.11. The monoisotopic (exact) mass is 253 g/mol. The van der Waals surface area contributed by atoms with Gasteiger partial charge in [-0.05, 0) is 34.2 Å². The number of rotatable bonds is 5. The van der Waals surface area contributed by atoms with E-state index in [4.69, 9.17) is 4.52 Å². The van der Waals surface area contributed by atoms with E-state index in [1.165, 1.54) is 0 Å². The molecule has 0 aliphatic rings. The number of amides is 1. The van der Waals surface area contributed by atoms with Crippen molar-refractivity contribution in [3.05, 3.63) is 17.0 Å². The van der Waals surface area contributed by atoms with Crippen molar-refractivity contribution in [2.24, 2.45) is 0 Å². The molecule has 1 aromatic heterocycles. The third-order valence-electron chi connectivity index (χ3n) is 3.08. The van der Waals surface area contributed by atoms with Crippen molar-refractivity contribution in [3.63, 3.8) is 0 Å². The van der Waals surface area contributed by atoms with Gasteiger partial charge in [-0.25, -0.2) is 0 Å². The fourth-order valence-electron chi connectivity index (χ4n) is 2.03. The summed E-state index contributed by atoms with van der Waals surface area (Å²) in [6.07, 6.45) is 0. The lowest BCUT2D eigenvalue weighted by Gasteiger charge is -2.30. The molecule has 0 radical (unpaired) electrons. The molecule has 1 N–H and O–H groups in total. The SMILES string of the molecule is CCNC(C)(C)C(=O)N(C)Cc1c(C)noc1C. The van der Waals surface area contributed by atoms with E-state index < -0.39 is 5.54 Å². The summed E-state index contributed by atoms with van der Waals surface area (Å²) in [6, 6.07) is 0. The molecular weight excluding hydrogens is 230 g/mol. The summed E-state index contributed by atoms with van der Waals surface area (Å²) in [4.78, 5) is 14.0. The molecule has 0 atom stereocenters. The minimum Gasteiger partial charge on any atom is -0.361 e. The first-order chi connectivity index (χ1) is 8.29. The Morgan fingerprint density at radius 2 is 2.06 bits per heavy atom. The molecule has 18 heavy (non-hydrogen) atoms. The maximum Gasteiger partial charge on any atom is 0.242 e. The predicted octanol–water partition coefficient (Wildman–Crippen LogP) is 1.64. The molecule has 102 valence electrons. The molecule has 5 nitrogen and oxygen atoms in total. The van der Waals surface area contributed by atoms with Crippen LogP contribution in [0.5, 0.6) is 0 Å². The second-order valence-corrected chi connectivity index (χ2v) is 5.12. The Hall–Kier alpha value is -1.36. The molecule has 0 spiro atoms. The van der Waals surface area contributed by atoms with Gasteiger partial charge in [-0.15, -0.1) is 0 Å². The van der Waals surface area contributed by atoms with E-state index in [1.54, 1.807) is 11.9 Å². The number of carbonyl (C=O) groups is 1. The van der Waals surface area contributed by atoms with Crippen LogP contribution in [0.15, 0.2) is 4.52 Å². The van der Waals surface area contributed by atoms with Crippen LogP contribution in [0, 0.1) is 13.8 Å². The van der Waals surface area contributed by atoms with Gasteiger partial charge in [0.2, 0.25) is 5.91 Å². The molecular formula is C13H23N3O2. The maximum absolute atomic E-state index is 12.3. The van der Waals surface area contributed by atoms with Gasteiger partial charge < -0.3 is 14.7 Å². The zero-order chi connectivity index (χ0) is 13.9. The predicted molar refractivity (Wildman–Crippen MR) is 70.2 cm³/mol. The molecule has 1 heterocycles. The molecule has 0 unspecified atom stereocenters. The number of carbonyl (C=O) groups excluding carboxylic acids is 1. The van der Waals surface area contributed by atoms with E-state index in [1.807, 2.05) is 34.6 Å². The van der Waals surface area contributed by atoms with Gasteiger partial charge >= 0.3 is 0 Å². The lowest BCUT2D eigenvalue weighted by Crippen LogP contribution is -2.52. The van der Waals surface area contributed by atoms with Gasteiger partial charge in [-0.2, -0.15) is 0 Å². The molecule has 1 rings (SSSR count). The van der Waals surface area contributed by atoms with Crippen LogP contribution in [0.4, 0.5) is 0 Å². The number of aryl methyl sites for hydroxylation is 2. The van der Waals surface area contributed by atoms with Gasteiger partial charge in [0.1, 0.15) is 5.76 Å². The summed E-state index contributed by atoms with van der Waals surface area (Å²) in [5.41, 5.74) is 1.27. The first-order valence-electron chi connectivity index (χ1n) is 6.22. The van der Waals surface area contributed by atoms with E-state index in [9.17, 15) is 4.79 Å². The average Bonchev–Trinajstić information content (AvgIpc) is 2.59. The third-order valence-corrected chi connectivity index (χ3v) is 3.08.